The normalized spacial score (nSPS) is 9.30. The predicted octanol–water partition coefficient (Wildman–Crippen LogP) is 1.61. The Morgan fingerprint density at radius 3 is 2.20 bits per heavy atom. The van der Waals surface area contributed by atoms with Crippen LogP contribution in [-0.4, -0.2) is 4.99 Å². The highest BCUT2D eigenvalue weighted by atomic mass is 32.1. The number of rotatable bonds is 1. The second-order valence-corrected chi connectivity index (χ2v) is 2.87. The molecule has 1 nitrogen and oxygen atoms in total. The molecule has 0 radical (unpaired) electrons. The summed E-state index contributed by atoms with van der Waals surface area (Å²) in [6.07, 6.45) is 0. The first kappa shape index (κ1) is 7.57. The first-order valence-electron chi connectivity index (χ1n) is 2.79. The fraction of sp³-hybridized carbons (Fsp3) is 0. The van der Waals surface area contributed by atoms with Crippen LogP contribution in [-0.2, 0) is 0 Å². The van der Waals surface area contributed by atoms with Gasteiger partial charge in [-0.1, -0.05) is 24.4 Å². The van der Waals surface area contributed by atoms with E-state index >= 15 is 0 Å². The van der Waals surface area contributed by atoms with Crippen molar-refractivity contribution in [1.29, 1.82) is 0 Å². The molecule has 0 bridgehead atoms. The van der Waals surface area contributed by atoms with Crippen molar-refractivity contribution in [2.24, 2.45) is 5.73 Å². The fourth-order valence-corrected chi connectivity index (χ4v) is 0.911. The molecule has 0 atom stereocenters. The zero-order chi connectivity index (χ0) is 7.56. The molecule has 0 fully saturated rings. The lowest BCUT2D eigenvalue weighted by atomic mass is 10.2. The first-order chi connectivity index (χ1) is 4.70. The van der Waals surface area contributed by atoms with E-state index in [0.717, 1.165) is 10.5 Å². The third kappa shape index (κ3) is 1.72. The van der Waals surface area contributed by atoms with Gasteiger partial charge in [-0.25, -0.2) is 0 Å². The van der Waals surface area contributed by atoms with Gasteiger partial charge >= 0.3 is 0 Å². The molecule has 1 aromatic rings. The molecule has 0 amide bonds. The van der Waals surface area contributed by atoms with Crippen LogP contribution in [0, 0.1) is 0 Å². The highest BCUT2D eigenvalue weighted by Gasteiger charge is 1.92. The molecule has 0 unspecified atom stereocenters. The van der Waals surface area contributed by atoms with Crippen LogP contribution in [0.1, 0.15) is 5.56 Å². The van der Waals surface area contributed by atoms with Crippen molar-refractivity contribution in [3.8, 4) is 0 Å². The van der Waals surface area contributed by atoms with Crippen molar-refractivity contribution < 1.29 is 0 Å². The number of hydrogen-bond donors (Lipinski definition) is 2. The van der Waals surface area contributed by atoms with Crippen molar-refractivity contribution >= 4 is 29.8 Å². The molecule has 1 rings (SSSR count). The van der Waals surface area contributed by atoms with E-state index in [9.17, 15) is 0 Å². The zero-order valence-electron chi connectivity index (χ0n) is 5.24. The maximum atomic E-state index is 5.37. The molecule has 0 aliphatic carbocycles. The number of benzene rings is 1. The highest BCUT2D eigenvalue weighted by Crippen LogP contribution is 2.06. The van der Waals surface area contributed by atoms with E-state index in [2.05, 4.69) is 12.6 Å². The molecule has 0 saturated heterocycles. The Labute approximate surface area is 70.7 Å². The Morgan fingerprint density at radius 2 is 1.80 bits per heavy atom. The molecule has 3 heteroatoms. The van der Waals surface area contributed by atoms with E-state index in [1.807, 2.05) is 24.3 Å². The van der Waals surface area contributed by atoms with Gasteiger partial charge in [0, 0.05) is 10.5 Å². The minimum Gasteiger partial charge on any atom is -0.389 e. The van der Waals surface area contributed by atoms with E-state index in [4.69, 9.17) is 18.0 Å². The quantitative estimate of drug-likeness (QED) is 0.493. The third-order valence-corrected chi connectivity index (χ3v) is 1.69. The SMILES string of the molecule is NC(=S)c1ccc(S)cc1. The Kier molecular flexibility index (Phi) is 2.29. The summed E-state index contributed by atoms with van der Waals surface area (Å²) in [6, 6.07) is 7.42. The topological polar surface area (TPSA) is 26.0 Å². The summed E-state index contributed by atoms with van der Waals surface area (Å²) in [4.78, 5) is 1.34. The number of thiol groups is 1. The average molecular weight is 169 g/mol. The molecule has 0 saturated carbocycles. The van der Waals surface area contributed by atoms with Crippen LogP contribution in [0.4, 0.5) is 0 Å². The molecule has 2 N–H and O–H groups in total. The van der Waals surface area contributed by atoms with E-state index in [1.54, 1.807) is 0 Å². The van der Waals surface area contributed by atoms with Crippen LogP contribution < -0.4 is 5.73 Å². The van der Waals surface area contributed by atoms with E-state index in [-0.39, 0.29) is 0 Å². The lowest BCUT2D eigenvalue weighted by Gasteiger charge is -1.95. The summed E-state index contributed by atoms with van der Waals surface area (Å²) in [5.74, 6) is 0. The second kappa shape index (κ2) is 3.03. The summed E-state index contributed by atoms with van der Waals surface area (Å²) in [7, 11) is 0. The summed E-state index contributed by atoms with van der Waals surface area (Å²) in [5.41, 5.74) is 6.25. The molecular formula is C7H7NS2. The Morgan fingerprint density at radius 1 is 1.30 bits per heavy atom. The van der Waals surface area contributed by atoms with Crippen molar-refractivity contribution in [1.82, 2.24) is 0 Å². The predicted molar refractivity (Wildman–Crippen MR) is 49.6 cm³/mol. The van der Waals surface area contributed by atoms with Crippen molar-refractivity contribution in [3.63, 3.8) is 0 Å². The minimum atomic E-state index is 0.424. The Hall–Kier alpha value is -0.540. The summed E-state index contributed by atoms with van der Waals surface area (Å²) < 4.78 is 0. The van der Waals surface area contributed by atoms with Gasteiger partial charge < -0.3 is 5.73 Å². The smallest absolute Gasteiger partial charge is 0.103 e. The Balaban J connectivity index is 3.00. The largest absolute Gasteiger partial charge is 0.389 e. The lowest BCUT2D eigenvalue weighted by Crippen LogP contribution is -2.08. The standard InChI is InChI=1S/C7H7NS2/c8-7(10)5-1-3-6(9)4-2-5/h1-4,9H,(H2,8,10). The highest BCUT2D eigenvalue weighted by molar-refractivity contribution is 7.80. The molecule has 52 valence electrons. The summed E-state index contributed by atoms with van der Waals surface area (Å²) >= 11 is 8.87. The number of thiocarbonyl (C=S) groups is 1. The van der Waals surface area contributed by atoms with Gasteiger partial charge in [-0.3, -0.25) is 0 Å². The fourth-order valence-electron chi connectivity index (χ4n) is 0.626. The van der Waals surface area contributed by atoms with Gasteiger partial charge in [-0.2, -0.15) is 0 Å². The monoisotopic (exact) mass is 169 g/mol. The van der Waals surface area contributed by atoms with E-state index < -0.39 is 0 Å². The Bertz CT molecular complexity index is 240. The average Bonchev–Trinajstić information content (AvgIpc) is 1.88. The number of hydrogen-bond acceptors (Lipinski definition) is 2. The van der Waals surface area contributed by atoms with Crippen LogP contribution in [0.3, 0.4) is 0 Å². The van der Waals surface area contributed by atoms with Crippen LogP contribution in [0.15, 0.2) is 29.2 Å². The molecule has 1 aromatic carbocycles. The van der Waals surface area contributed by atoms with Gasteiger partial charge in [0.15, 0.2) is 0 Å². The van der Waals surface area contributed by atoms with Crippen LogP contribution in [0.25, 0.3) is 0 Å². The number of nitrogens with two attached hydrogens (primary N) is 1. The summed E-state index contributed by atoms with van der Waals surface area (Å²) in [5, 5.41) is 0. The molecule has 0 aliphatic heterocycles. The molecular weight excluding hydrogens is 162 g/mol. The van der Waals surface area contributed by atoms with Gasteiger partial charge in [0.1, 0.15) is 4.99 Å². The molecule has 0 aromatic heterocycles. The molecule has 0 spiro atoms. The lowest BCUT2D eigenvalue weighted by molar-refractivity contribution is 1.46. The van der Waals surface area contributed by atoms with Gasteiger partial charge in [-0.05, 0) is 12.1 Å². The maximum Gasteiger partial charge on any atom is 0.103 e. The van der Waals surface area contributed by atoms with Crippen LogP contribution >= 0.6 is 24.8 Å². The van der Waals surface area contributed by atoms with Crippen molar-refractivity contribution in [3.05, 3.63) is 29.8 Å². The van der Waals surface area contributed by atoms with Gasteiger partial charge in [0.05, 0.1) is 0 Å². The van der Waals surface area contributed by atoms with Gasteiger partial charge in [-0.15, -0.1) is 12.6 Å². The van der Waals surface area contributed by atoms with Crippen LogP contribution in [0.5, 0.6) is 0 Å². The van der Waals surface area contributed by atoms with Crippen molar-refractivity contribution in [2.75, 3.05) is 0 Å². The van der Waals surface area contributed by atoms with Gasteiger partial charge in [0.2, 0.25) is 0 Å². The molecule has 0 heterocycles. The van der Waals surface area contributed by atoms with Crippen molar-refractivity contribution in [2.45, 2.75) is 4.90 Å². The molecule has 10 heavy (non-hydrogen) atoms. The zero-order valence-corrected chi connectivity index (χ0v) is 6.95. The van der Waals surface area contributed by atoms with E-state index in [0.29, 0.717) is 4.99 Å². The minimum absolute atomic E-state index is 0.424. The third-order valence-electron chi connectivity index (χ3n) is 1.15. The van der Waals surface area contributed by atoms with Gasteiger partial charge in [0.25, 0.3) is 0 Å². The van der Waals surface area contributed by atoms with Crippen LogP contribution in [0.2, 0.25) is 0 Å². The van der Waals surface area contributed by atoms with E-state index in [1.165, 1.54) is 0 Å². The second-order valence-electron chi connectivity index (χ2n) is 1.91. The first-order valence-corrected chi connectivity index (χ1v) is 3.64. The maximum absolute atomic E-state index is 5.37. The summed E-state index contributed by atoms with van der Waals surface area (Å²) in [6.45, 7) is 0. The molecule has 0 aliphatic rings.